The second-order valence-electron chi connectivity index (χ2n) is 17.4. The smallest absolute Gasteiger partial charge is 0.481 e. The van der Waals surface area contributed by atoms with Gasteiger partial charge in [-0.1, -0.05) is 70.2 Å². The highest BCUT2D eigenvalue weighted by Crippen LogP contribution is 2.37. The van der Waals surface area contributed by atoms with E-state index in [0.29, 0.717) is 5.75 Å². The Morgan fingerprint density at radius 2 is 1.21 bits per heavy atom. The van der Waals surface area contributed by atoms with E-state index in [1.165, 1.54) is 36.0 Å². The summed E-state index contributed by atoms with van der Waals surface area (Å²) in [7, 11) is -4.96. The van der Waals surface area contributed by atoms with Crippen molar-refractivity contribution < 1.29 is 77.0 Å². The minimum atomic E-state index is -4.96. The van der Waals surface area contributed by atoms with Crippen LogP contribution in [0.5, 0.6) is 5.75 Å². The molecular formula is C45H66N9O16PS. The van der Waals surface area contributed by atoms with Gasteiger partial charge in [-0.3, -0.25) is 52.9 Å². The summed E-state index contributed by atoms with van der Waals surface area (Å²) in [4.78, 5) is 149. The number of carbonyl (C=O) groups excluding carboxylic acids is 8. The van der Waals surface area contributed by atoms with Gasteiger partial charge in [0.05, 0.1) is 19.0 Å². The monoisotopic (exact) mass is 1050 g/mol. The van der Waals surface area contributed by atoms with E-state index in [4.69, 9.17) is 16.6 Å². The summed E-state index contributed by atoms with van der Waals surface area (Å²) in [5.41, 5.74) is 12.7. The van der Waals surface area contributed by atoms with Crippen molar-refractivity contribution in [2.45, 2.75) is 115 Å². The fraction of sp³-hybridized carbons (Fsp3) is 0.511. The normalized spacial score (nSPS) is 14.2. The van der Waals surface area contributed by atoms with Gasteiger partial charge >= 0.3 is 19.8 Å². The van der Waals surface area contributed by atoms with Gasteiger partial charge in [-0.05, 0) is 72.8 Å². The number of primary amides is 1. The maximum atomic E-state index is 14.3. The average Bonchev–Trinajstić information content (AvgIpc) is 3.28. The van der Waals surface area contributed by atoms with E-state index in [1.54, 1.807) is 64.3 Å². The van der Waals surface area contributed by atoms with Crippen molar-refractivity contribution in [3.05, 3.63) is 65.7 Å². The van der Waals surface area contributed by atoms with Gasteiger partial charge in [-0.15, -0.1) is 0 Å². The molecule has 0 aliphatic heterocycles. The third-order valence-electron chi connectivity index (χ3n) is 10.4. The number of hydrogen-bond donors (Lipinski definition) is 13. The lowest BCUT2D eigenvalue weighted by molar-refractivity contribution is -0.143. The molecule has 398 valence electrons. The quantitative estimate of drug-likeness (QED) is 0.0374. The lowest BCUT2D eigenvalue weighted by atomic mass is 10.0. The number of amides is 8. The maximum absolute atomic E-state index is 14.3. The molecule has 15 N–H and O–H groups in total. The van der Waals surface area contributed by atoms with Gasteiger partial charge in [-0.2, -0.15) is 11.8 Å². The number of thioether (sulfide) groups is 1. The van der Waals surface area contributed by atoms with E-state index < -0.39 is 141 Å². The topological polar surface area (TPSA) is 414 Å². The van der Waals surface area contributed by atoms with E-state index in [9.17, 15) is 67.4 Å². The number of aliphatic carboxylic acids is 2. The molecule has 0 unspecified atom stereocenters. The first-order chi connectivity index (χ1) is 33.7. The van der Waals surface area contributed by atoms with Gasteiger partial charge in [0.25, 0.3) is 0 Å². The molecule has 0 spiro atoms. The van der Waals surface area contributed by atoms with E-state index in [-0.39, 0.29) is 42.9 Å². The fourth-order valence-corrected chi connectivity index (χ4v) is 7.65. The van der Waals surface area contributed by atoms with Crippen LogP contribution in [-0.2, 0) is 65.4 Å². The van der Waals surface area contributed by atoms with Gasteiger partial charge in [0, 0.05) is 12.8 Å². The Morgan fingerprint density at radius 3 is 1.75 bits per heavy atom. The average molecular weight is 1050 g/mol. The van der Waals surface area contributed by atoms with Crippen molar-refractivity contribution in [3.8, 4) is 5.75 Å². The zero-order chi connectivity index (χ0) is 54.3. The van der Waals surface area contributed by atoms with Crippen molar-refractivity contribution in [1.82, 2.24) is 37.2 Å². The van der Waals surface area contributed by atoms with E-state index >= 15 is 0 Å². The zero-order valence-electron chi connectivity index (χ0n) is 40.5. The first kappa shape index (κ1) is 61.5. The number of benzene rings is 2. The zero-order valence-corrected chi connectivity index (χ0v) is 42.2. The van der Waals surface area contributed by atoms with Crippen LogP contribution in [0.2, 0.25) is 0 Å². The number of carboxylic acid groups (broad SMARTS) is 2. The van der Waals surface area contributed by atoms with Crippen LogP contribution >= 0.6 is 19.6 Å². The molecule has 8 amide bonds. The highest BCUT2D eigenvalue weighted by Gasteiger charge is 2.35. The Bertz CT molecular complexity index is 2250. The first-order valence-electron chi connectivity index (χ1n) is 22.6. The summed E-state index contributed by atoms with van der Waals surface area (Å²) in [6.07, 6.45) is -0.337. The Labute approximate surface area is 420 Å². The van der Waals surface area contributed by atoms with Gasteiger partial charge in [-0.25, -0.2) is 9.36 Å². The molecule has 2 aromatic rings. The summed E-state index contributed by atoms with van der Waals surface area (Å²) in [5.74, 6) is -11.0. The van der Waals surface area contributed by atoms with Crippen molar-refractivity contribution in [2.24, 2.45) is 23.3 Å². The van der Waals surface area contributed by atoms with Gasteiger partial charge in [0.15, 0.2) is 0 Å². The molecule has 0 aliphatic carbocycles. The molecule has 7 atom stereocenters. The Kier molecular flexibility index (Phi) is 25.9. The minimum absolute atomic E-state index is 0.0201. The number of nitrogens with two attached hydrogens (primary N) is 2. The van der Waals surface area contributed by atoms with Gasteiger partial charge in [0.1, 0.15) is 42.0 Å². The van der Waals surface area contributed by atoms with Gasteiger partial charge in [0.2, 0.25) is 47.3 Å². The molecule has 0 bridgehead atoms. The Hall–Kier alpha value is -6.60. The molecule has 0 aromatic heterocycles. The van der Waals surface area contributed by atoms with Crippen LogP contribution in [0.1, 0.15) is 70.9 Å². The number of nitrogens with one attached hydrogen (secondary N) is 7. The lowest BCUT2D eigenvalue weighted by Crippen LogP contribution is -2.61. The van der Waals surface area contributed by atoms with Crippen LogP contribution in [0.25, 0.3) is 0 Å². The predicted molar refractivity (Wildman–Crippen MR) is 261 cm³/mol. The van der Waals surface area contributed by atoms with Gasteiger partial charge < -0.3 is 63.4 Å². The Morgan fingerprint density at radius 1 is 0.653 bits per heavy atom. The number of carboxylic acids is 2. The number of rotatable bonds is 32. The van der Waals surface area contributed by atoms with Crippen LogP contribution in [0.15, 0.2) is 54.6 Å². The maximum Gasteiger partial charge on any atom is 0.524 e. The second-order valence-corrected chi connectivity index (χ2v) is 19.5. The standard InChI is InChI=1S/C45H66N9O16PS/c1-24(2)19-32(40(60)48-23-36(56)49-31(45(65)66)15-16-37(57)58)51-43(63)34(22-35(47)55)53-42(62)33(21-27-11-13-28(14-12-27)70-71(67,68)69)52-41(61)30(17-18-72-5)50-44(64)38(25(3)4)54-39(59)29(46)20-26-9-7-6-8-10-26/h6-14,24-25,29-34,38H,15-23,46H2,1-5H3,(H2,47,55)(H,48,60)(H,49,56)(H,50,64)(H,51,63)(H,52,61)(H,53,62)(H,54,59)(H,57,58)(H,65,66)(H2,67,68,69)/t29-,30-,31-,32-,33-,34-,38-/m0/s1. The van der Waals surface area contributed by atoms with Crippen molar-refractivity contribution in [3.63, 3.8) is 0 Å². The summed E-state index contributed by atoms with van der Waals surface area (Å²) in [6.45, 7) is 5.93. The fourth-order valence-electron chi connectivity index (χ4n) is 6.78. The van der Waals surface area contributed by atoms with Crippen LogP contribution in [0, 0.1) is 11.8 Å². The molecule has 72 heavy (non-hydrogen) atoms. The second kappa shape index (κ2) is 30.3. The highest BCUT2D eigenvalue weighted by atomic mass is 32.2. The molecule has 0 saturated heterocycles. The van der Waals surface area contributed by atoms with Crippen molar-refractivity contribution >= 4 is 78.8 Å². The molecule has 0 radical (unpaired) electrons. The molecule has 0 fully saturated rings. The molecule has 27 heteroatoms. The molecule has 2 rings (SSSR count). The van der Waals surface area contributed by atoms with Crippen LogP contribution < -0.4 is 53.2 Å². The van der Waals surface area contributed by atoms with E-state index in [0.717, 1.165) is 5.56 Å². The SMILES string of the molecule is CSCC[C@H](NC(=O)[C@@H](NC(=O)[C@@H](N)Cc1ccccc1)C(C)C)C(=O)N[C@@H](Cc1ccc(OP(=O)(O)O)cc1)C(=O)N[C@@H](CC(N)=O)C(=O)N[C@@H](CC(C)C)C(=O)NCC(=O)N[C@@H](CCC(=O)O)C(=O)O. The minimum Gasteiger partial charge on any atom is -0.481 e. The Balaban J connectivity index is 2.43. The summed E-state index contributed by atoms with van der Waals surface area (Å²) >= 11 is 1.34. The third kappa shape index (κ3) is 23.5. The highest BCUT2D eigenvalue weighted by molar-refractivity contribution is 7.98. The lowest BCUT2D eigenvalue weighted by Gasteiger charge is -2.28. The molecule has 0 heterocycles. The van der Waals surface area contributed by atoms with E-state index in [2.05, 4.69) is 41.7 Å². The largest absolute Gasteiger partial charge is 0.524 e. The van der Waals surface area contributed by atoms with Crippen LogP contribution in [0.3, 0.4) is 0 Å². The summed E-state index contributed by atoms with van der Waals surface area (Å²) in [5, 5.41) is 35.4. The molecule has 25 nitrogen and oxygen atoms in total. The van der Waals surface area contributed by atoms with Crippen molar-refractivity contribution in [1.29, 1.82) is 0 Å². The molecular weight excluding hydrogens is 986 g/mol. The molecule has 0 saturated carbocycles. The predicted octanol–water partition coefficient (Wildman–Crippen LogP) is -1.42. The number of hydrogen-bond acceptors (Lipinski definition) is 14. The summed E-state index contributed by atoms with van der Waals surface area (Å²) < 4.78 is 16.0. The number of phosphoric ester groups is 1. The third-order valence-corrected chi connectivity index (χ3v) is 11.5. The first-order valence-corrected chi connectivity index (χ1v) is 25.6. The summed E-state index contributed by atoms with van der Waals surface area (Å²) in [6, 6.07) is 4.06. The van der Waals surface area contributed by atoms with Crippen LogP contribution in [0.4, 0.5) is 0 Å². The van der Waals surface area contributed by atoms with Crippen LogP contribution in [-0.4, -0.2) is 140 Å². The molecule has 0 aliphatic rings. The van der Waals surface area contributed by atoms with Crippen molar-refractivity contribution in [2.75, 3.05) is 18.6 Å². The number of phosphoric acid groups is 1. The van der Waals surface area contributed by atoms with E-state index in [1.807, 2.05) is 0 Å². The molecule has 2 aromatic carbocycles. The number of carbonyl (C=O) groups is 10.